The number of hydrogen-bond donors (Lipinski definition) is 3. The Kier molecular flexibility index (Phi) is 41.2. The lowest BCUT2D eigenvalue weighted by Gasteiger charge is -2.29. The van der Waals surface area contributed by atoms with Crippen LogP contribution in [0.2, 0.25) is 0 Å². The predicted molar refractivity (Wildman–Crippen MR) is 221 cm³/mol. The number of ether oxygens (including phenoxy) is 1. The summed E-state index contributed by atoms with van der Waals surface area (Å²) in [6, 6.07) is -1.06. The van der Waals surface area contributed by atoms with Gasteiger partial charge >= 0.3 is 17.9 Å². The number of carboxylic acid groups (broad SMARTS) is 1. The molecule has 0 aliphatic carbocycles. The largest absolute Gasteiger partial charge is 0.481 e. The summed E-state index contributed by atoms with van der Waals surface area (Å²) in [7, 11) is 0. The molecule has 0 fully saturated rings. The van der Waals surface area contributed by atoms with E-state index in [1.807, 2.05) is 0 Å². The molecule has 0 bridgehead atoms. The third-order valence-corrected chi connectivity index (χ3v) is 10.4. The number of nitrogens with two attached hydrogens (primary N) is 1. The molecule has 0 saturated carbocycles. The van der Waals surface area contributed by atoms with Crippen LogP contribution in [0.1, 0.15) is 259 Å². The van der Waals surface area contributed by atoms with E-state index in [4.69, 9.17) is 10.8 Å². The lowest BCUT2D eigenvalue weighted by Crippen LogP contribution is -2.34. The van der Waals surface area contributed by atoms with Gasteiger partial charge in [-0.3, -0.25) is 9.59 Å². The van der Waals surface area contributed by atoms with Crippen molar-refractivity contribution < 1.29 is 29.3 Å². The number of carbonyl (C=O) groups is 3. The second kappa shape index (κ2) is 40.7. The average Bonchev–Trinajstić information content (AvgIpc) is 3.12. The van der Waals surface area contributed by atoms with E-state index in [0.717, 1.165) is 32.1 Å². The molecule has 0 rings (SSSR count). The maximum Gasteiger partial charge on any atom is 0.330 e. The van der Waals surface area contributed by atoms with Gasteiger partial charge in [-0.2, -0.15) is 0 Å². The molecule has 4 N–H and O–H groups in total. The fraction of sp³-hybridized carbons (Fsp3) is 0.933. The summed E-state index contributed by atoms with van der Waals surface area (Å²) >= 11 is 0. The Labute approximate surface area is 322 Å². The highest BCUT2D eigenvalue weighted by Crippen LogP contribution is 2.29. The maximum absolute atomic E-state index is 11.5. The number of carbonyl (C=O) groups excluding carboxylic acids is 2. The highest BCUT2D eigenvalue weighted by Gasteiger charge is 2.25. The Morgan fingerprint density at radius 2 is 0.769 bits per heavy atom. The third-order valence-electron chi connectivity index (χ3n) is 10.4. The highest BCUT2D eigenvalue weighted by molar-refractivity contribution is 5.88. The number of unbranched alkanes of at least 4 members (excludes halogenated alkanes) is 26. The first-order valence-corrected chi connectivity index (χ1v) is 22.6. The molecule has 0 aromatic carbocycles. The van der Waals surface area contributed by atoms with Crippen molar-refractivity contribution in [2.75, 3.05) is 0 Å². The number of carboxylic acids is 1. The minimum absolute atomic E-state index is 0.0283. The van der Waals surface area contributed by atoms with Gasteiger partial charge < -0.3 is 20.7 Å². The van der Waals surface area contributed by atoms with Gasteiger partial charge in [-0.1, -0.05) is 214 Å². The minimum atomic E-state index is -1.06. The lowest BCUT2D eigenvalue weighted by atomic mass is 9.85. The zero-order chi connectivity index (χ0) is 39.0. The van der Waals surface area contributed by atoms with Crippen molar-refractivity contribution in [3.05, 3.63) is 0 Å². The van der Waals surface area contributed by atoms with Gasteiger partial charge in [-0.05, 0) is 32.1 Å². The lowest BCUT2D eigenvalue weighted by molar-refractivity contribution is -0.160. The van der Waals surface area contributed by atoms with Crippen LogP contribution in [0.5, 0.6) is 0 Å². The first-order valence-electron chi connectivity index (χ1n) is 22.6. The Bertz CT molecular complexity index is 772. The Hall–Kier alpha value is -1.47. The minimum Gasteiger partial charge on any atom is -0.481 e. The van der Waals surface area contributed by atoms with Crippen LogP contribution in [-0.2, 0) is 19.1 Å². The number of aliphatic carboxylic acids is 1. The smallest absolute Gasteiger partial charge is 0.330 e. The summed E-state index contributed by atoms with van der Waals surface area (Å²) in [4.78, 5) is 33.3. The standard InChI is InChI=1S/C28H58O.C17H31NO5/c1-4-7-10-13-16-17-18-21-24-27-28(29,25-22-19-14-11-8-5-2)26-23-20-15-12-9-6-3;1-2-3-4-5-6-7-8-9-10-11-16(21)23-17(22)14(18)12-13-15(19)20/h29H,4-27H2,1-3H3;14H,2-13,18H2,1H3,(H,19,20). The van der Waals surface area contributed by atoms with Gasteiger partial charge in [0, 0.05) is 12.8 Å². The normalized spacial score (nSPS) is 12.0. The van der Waals surface area contributed by atoms with E-state index in [0.29, 0.717) is 6.42 Å². The molecule has 52 heavy (non-hydrogen) atoms. The van der Waals surface area contributed by atoms with Crippen LogP contribution >= 0.6 is 0 Å². The zero-order valence-electron chi connectivity index (χ0n) is 35.1. The van der Waals surface area contributed by atoms with Crippen LogP contribution in [0.25, 0.3) is 0 Å². The quantitative estimate of drug-likeness (QED) is 0.0327. The van der Waals surface area contributed by atoms with Crippen molar-refractivity contribution in [2.24, 2.45) is 5.73 Å². The number of esters is 2. The molecular weight excluding hydrogens is 650 g/mol. The van der Waals surface area contributed by atoms with Gasteiger partial charge in [-0.25, -0.2) is 4.79 Å². The summed E-state index contributed by atoms with van der Waals surface area (Å²) in [6.45, 7) is 9.05. The van der Waals surface area contributed by atoms with E-state index in [1.165, 1.54) is 173 Å². The molecule has 0 heterocycles. The van der Waals surface area contributed by atoms with Crippen molar-refractivity contribution >= 4 is 17.9 Å². The monoisotopic (exact) mass is 740 g/mol. The predicted octanol–water partition coefficient (Wildman–Crippen LogP) is 13.3. The molecule has 0 aromatic heterocycles. The number of rotatable bonds is 38. The van der Waals surface area contributed by atoms with Gasteiger partial charge in [0.1, 0.15) is 6.04 Å². The summed E-state index contributed by atoms with van der Waals surface area (Å²) in [5, 5.41) is 19.8. The summed E-state index contributed by atoms with van der Waals surface area (Å²) < 4.78 is 4.62. The van der Waals surface area contributed by atoms with Crippen molar-refractivity contribution in [3.63, 3.8) is 0 Å². The number of hydrogen-bond acceptors (Lipinski definition) is 6. The van der Waals surface area contributed by atoms with Crippen LogP contribution in [0.3, 0.4) is 0 Å². The maximum atomic E-state index is 11.5. The summed E-state index contributed by atoms with van der Waals surface area (Å²) in [5.41, 5.74) is 5.10. The van der Waals surface area contributed by atoms with E-state index >= 15 is 0 Å². The molecule has 7 heteroatoms. The fourth-order valence-corrected chi connectivity index (χ4v) is 6.82. The van der Waals surface area contributed by atoms with Crippen LogP contribution in [0.4, 0.5) is 0 Å². The SMILES string of the molecule is CCCCCCCCCCCC(=O)OC(=O)C(N)CCC(=O)O.CCCCCCCCCCCC(O)(CCCCCCCC)CCCCCCCC. The molecule has 0 aromatic rings. The van der Waals surface area contributed by atoms with Crippen LogP contribution < -0.4 is 5.73 Å². The van der Waals surface area contributed by atoms with Gasteiger partial charge in [0.05, 0.1) is 5.60 Å². The summed E-state index contributed by atoms with van der Waals surface area (Å²) in [5.74, 6) is -2.45. The van der Waals surface area contributed by atoms with Crippen molar-refractivity contribution in [1.29, 1.82) is 0 Å². The van der Waals surface area contributed by atoms with Gasteiger partial charge in [0.2, 0.25) is 0 Å². The van der Waals surface area contributed by atoms with Gasteiger partial charge in [0.25, 0.3) is 0 Å². The average molecular weight is 740 g/mol. The summed E-state index contributed by atoms with van der Waals surface area (Å²) in [6.07, 6.45) is 41.7. The van der Waals surface area contributed by atoms with E-state index in [2.05, 4.69) is 32.4 Å². The van der Waals surface area contributed by atoms with Crippen LogP contribution in [-0.4, -0.2) is 39.8 Å². The fourth-order valence-electron chi connectivity index (χ4n) is 6.82. The first kappa shape index (κ1) is 52.6. The molecule has 0 spiro atoms. The molecule has 0 saturated heterocycles. The van der Waals surface area contributed by atoms with E-state index in [-0.39, 0.29) is 24.9 Å². The molecule has 0 aliphatic rings. The third kappa shape index (κ3) is 39.7. The molecule has 1 unspecified atom stereocenters. The molecular formula is C45H89NO6. The van der Waals surface area contributed by atoms with Gasteiger partial charge in [-0.15, -0.1) is 0 Å². The Morgan fingerprint density at radius 3 is 1.08 bits per heavy atom. The molecule has 1 atom stereocenters. The Morgan fingerprint density at radius 1 is 0.481 bits per heavy atom. The van der Waals surface area contributed by atoms with Crippen molar-refractivity contribution in [1.82, 2.24) is 0 Å². The van der Waals surface area contributed by atoms with Crippen LogP contribution in [0, 0.1) is 0 Å². The van der Waals surface area contributed by atoms with Crippen molar-refractivity contribution in [3.8, 4) is 0 Å². The van der Waals surface area contributed by atoms with Crippen molar-refractivity contribution in [2.45, 2.75) is 270 Å². The molecule has 310 valence electrons. The Balaban J connectivity index is 0. The molecule has 7 nitrogen and oxygen atoms in total. The van der Waals surface area contributed by atoms with E-state index in [1.54, 1.807) is 0 Å². The van der Waals surface area contributed by atoms with E-state index < -0.39 is 23.9 Å². The molecule has 0 amide bonds. The first-order chi connectivity index (χ1) is 25.2. The zero-order valence-corrected chi connectivity index (χ0v) is 35.1. The second-order valence-corrected chi connectivity index (χ2v) is 15.7. The van der Waals surface area contributed by atoms with Gasteiger partial charge in [0.15, 0.2) is 0 Å². The van der Waals surface area contributed by atoms with Crippen LogP contribution in [0.15, 0.2) is 0 Å². The topological polar surface area (TPSA) is 127 Å². The highest BCUT2D eigenvalue weighted by atomic mass is 16.6. The number of aliphatic hydroxyl groups is 1. The molecule has 0 radical (unpaired) electrons. The molecule has 0 aliphatic heterocycles. The second-order valence-electron chi connectivity index (χ2n) is 15.7. The van der Waals surface area contributed by atoms with E-state index in [9.17, 15) is 19.5 Å².